The molecule has 2 aromatic carbocycles. The average molecular weight is 489 g/mol. The summed E-state index contributed by atoms with van der Waals surface area (Å²) in [5, 5.41) is 3.08. The van der Waals surface area contributed by atoms with Crippen LogP contribution >= 0.6 is 11.6 Å². The van der Waals surface area contributed by atoms with Crippen LogP contribution in [0.15, 0.2) is 53.4 Å². The number of hydrazine groups is 2. The van der Waals surface area contributed by atoms with Crippen molar-refractivity contribution >= 4 is 44.7 Å². The smallest absolute Gasteiger partial charge is 0.251 e. The van der Waals surface area contributed by atoms with Crippen molar-refractivity contribution in [1.29, 1.82) is 0 Å². The van der Waals surface area contributed by atoms with Crippen molar-refractivity contribution in [1.82, 2.24) is 15.8 Å². The Labute approximate surface area is 195 Å². The molecule has 0 spiro atoms. The Hall–Kier alpha value is -3.54. The van der Waals surface area contributed by atoms with Gasteiger partial charge in [-0.05, 0) is 23.8 Å². The minimum atomic E-state index is -3.40. The molecule has 0 radical (unpaired) electrons. The minimum Gasteiger partial charge on any atom is -0.486 e. The molecular weight excluding hydrogens is 468 g/mol. The molecule has 2 heterocycles. The van der Waals surface area contributed by atoms with E-state index in [0.717, 1.165) is 6.26 Å². The van der Waals surface area contributed by atoms with Crippen molar-refractivity contribution in [3.8, 4) is 5.75 Å². The second-order valence-electron chi connectivity index (χ2n) is 7.30. The van der Waals surface area contributed by atoms with Gasteiger partial charge in [-0.2, -0.15) is 0 Å². The van der Waals surface area contributed by atoms with Crippen LogP contribution in [0.2, 0.25) is 5.02 Å². The maximum Gasteiger partial charge on any atom is 0.251 e. The lowest BCUT2D eigenvalue weighted by Gasteiger charge is -2.12. The molecule has 33 heavy (non-hydrogen) atoms. The van der Waals surface area contributed by atoms with E-state index in [4.69, 9.17) is 22.1 Å². The van der Waals surface area contributed by atoms with E-state index < -0.39 is 9.84 Å². The highest BCUT2D eigenvalue weighted by Crippen LogP contribution is 2.35. The lowest BCUT2D eigenvalue weighted by atomic mass is 10.1. The second-order valence-corrected chi connectivity index (χ2v) is 9.69. The van der Waals surface area contributed by atoms with Gasteiger partial charge in [-0.25, -0.2) is 13.4 Å². The number of nitrogen functional groups attached to an aromatic ring is 1. The molecule has 0 unspecified atom stereocenters. The van der Waals surface area contributed by atoms with Gasteiger partial charge in [0.25, 0.3) is 5.91 Å². The summed E-state index contributed by atoms with van der Waals surface area (Å²) in [5.41, 5.74) is 16.3. The number of ether oxygens (including phenoxy) is 1. The summed E-state index contributed by atoms with van der Waals surface area (Å²) >= 11 is 6.37. The fraction of sp³-hybridized carbons (Fsp3) is 0.143. The zero-order valence-electron chi connectivity index (χ0n) is 17.5. The number of benzene rings is 2. The van der Waals surface area contributed by atoms with Gasteiger partial charge >= 0.3 is 0 Å². The predicted octanol–water partition coefficient (Wildman–Crippen LogP) is 2.49. The van der Waals surface area contributed by atoms with Gasteiger partial charge in [0, 0.05) is 35.0 Å². The maximum absolute atomic E-state index is 12.6. The highest BCUT2D eigenvalue weighted by atomic mass is 35.5. The Balaban J connectivity index is 1.43. The average Bonchev–Trinajstić information content (AvgIpc) is 3.24. The molecule has 6 N–H and O–H groups in total. The molecule has 0 fully saturated rings. The molecule has 0 aliphatic carbocycles. The summed E-state index contributed by atoms with van der Waals surface area (Å²) in [6.07, 6.45) is 1.13. The second kappa shape index (κ2) is 9.14. The molecule has 1 aliphatic heterocycles. The van der Waals surface area contributed by atoms with Gasteiger partial charge in [0.05, 0.1) is 4.90 Å². The lowest BCUT2D eigenvalue weighted by Crippen LogP contribution is -2.23. The molecule has 1 amide bonds. The third-order valence-electron chi connectivity index (χ3n) is 4.88. The first-order valence-electron chi connectivity index (χ1n) is 9.77. The number of pyridine rings is 1. The molecule has 0 saturated heterocycles. The largest absolute Gasteiger partial charge is 0.486 e. The standard InChI is InChI=1S/C21H21ClN6O4S/c1-33(30,31)17-5-3-2-4-13(17)10-24-21(29)12-6-7-14(15(22)8-12)11-32-16-9-18(23)25-20-19(16)26-28-27-20/h2-9,26,28H,10-11H2,1H3,(H,24,29)(H3,23,25,27). The number of nitrogens with one attached hydrogen (secondary N) is 4. The third-order valence-corrected chi connectivity index (χ3v) is 6.43. The topological polar surface area (TPSA) is 147 Å². The van der Waals surface area contributed by atoms with Gasteiger partial charge in [0.15, 0.2) is 21.4 Å². The molecule has 4 rings (SSSR count). The monoisotopic (exact) mass is 488 g/mol. The van der Waals surface area contributed by atoms with Crippen LogP contribution in [0.4, 0.5) is 17.3 Å². The number of aromatic nitrogens is 1. The van der Waals surface area contributed by atoms with Crippen LogP contribution in [0.1, 0.15) is 21.5 Å². The number of hydrogen-bond acceptors (Lipinski definition) is 9. The van der Waals surface area contributed by atoms with Crippen LogP contribution in [0.5, 0.6) is 5.75 Å². The van der Waals surface area contributed by atoms with E-state index in [1.165, 1.54) is 12.1 Å². The quantitative estimate of drug-likeness (QED) is 0.338. The number of fused-ring (bicyclic) bond motifs is 1. The molecule has 3 aromatic rings. The van der Waals surface area contributed by atoms with E-state index in [1.54, 1.807) is 36.4 Å². The van der Waals surface area contributed by atoms with Crippen molar-refractivity contribution in [2.75, 3.05) is 22.8 Å². The molecule has 0 saturated carbocycles. The van der Waals surface area contributed by atoms with E-state index in [9.17, 15) is 13.2 Å². The van der Waals surface area contributed by atoms with E-state index in [0.29, 0.717) is 39.0 Å². The van der Waals surface area contributed by atoms with Crippen LogP contribution in [-0.4, -0.2) is 25.6 Å². The minimum absolute atomic E-state index is 0.0637. The summed E-state index contributed by atoms with van der Waals surface area (Å²) in [7, 11) is -3.40. The van der Waals surface area contributed by atoms with Crippen LogP contribution in [0.25, 0.3) is 0 Å². The maximum atomic E-state index is 12.6. The Morgan fingerprint density at radius 2 is 1.94 bits per heavy atom. The number of nitrogens with two attached hydrogens (primary N) is 1. The summed E-state index contributed by atoms with van der Waals surface area (Å²) in [6.45, 7) is 0.203. The number of halogens is 1. The van der Waals surface area contributed by atoms with Crippen molar-refractivity contribution in [2.24, 2.45) is 0 Å². The Morgan fingerprint density at radius 1 is 1.15 bits per heavy atom. The van der Waals surface area contributed by atoms with Gasteiger partial charge < -0.3 is 15.8 Å². The van der Waals surface area contributed by atoms with Gasteiger partial charge in [-0.3, -0.25) is 15.6 Å². The molecule has 10 nitrogen and oxygen atoms in total. The number of carbonyl (C=O) groups excluding carboxylic acids is 1. The normalized spacial score (nSPS) is 12.4. The summed E-state index contributed by atoms with van der Waals surface area (Å²) in [6, 6.07) is 13.0. The van der Waals surface area contributed by atoms with Crippen LogP contribution in [0.3, 0.4) is 0 Å². The molecule has 0 atom stereocenters. The predicted molar refractivity (Wildman–Crippen MR) is 126 cm³/mol. The van der Waals surface area contributed by atoms with Gasteiger partial charge in [0.1, 0.15) is 18.1 Å². The summed E-state index contributed by atoms with van der Waals surface area (Å²) in [5.74, 6) is 0.907. The van der Waals surface area contributed by atoms with Crippen LogP contribution in [-0.2, 0) is 23.0 Å². The van der Waals surface area contributed by atoms with Crippen molar-refractivity contribution in [3.63, 3.8) is 0 Å². The Morgan fingerprint density at radius 3 is 2.70 bits per heavy atom. The van der Waals surface area contributed by atoms with Crippen molar-refractivity contribution in [3.05, 3.63) is 70.2 Å². The van der Waals surface area contributed by atoms with Crippen molar-refractivity contribution < 1.29 is 17.9 Å². The number of carbonyl (C=O) groups is 1. The van der Waals surface area contributed by atoms with Crippen molar-refractivity contribution in [2.45, 2.75) is 18.0 Å². The molecular formula is C21H21ClN6O4S. The number of hydrogen-bond donors (Lipinski definition) is 5. The Kier molecular flexibility index (Phi) is 6.27. The van der Waals surface area contributed by atoms with E-state index in [-0.39, 0.29) is 29.8 Å². The molecule has 0 bridgehead atoms. The van der Waals surface area contributed by atoms with E-state index in [1.807, 2.05) is 0 Å². The SMILES string of the molecule is CS(=O)(=O)c1ccccc1CNC(=O)c1ccc(COc2cc(N)nc3c2NNN3)c(Cl)c1. The first-order chi connectivity index (χ1) is 15.7. The van der Waals surface area contributed by atoms with Gasteiger partial charge in [-0.15, -0.1) is 5.53 Å². The number of anilines is 3. The zero-order chi connectivity index (χ0) is 23.6. The number of nitrogens with zero attached hydrogens (tertiary/aromatic N) is 1. The first kappa shape index (κ1) is 22.6. The molecule has 172 valence electrons. The number of sulfone groups is 1. The molecule has 1 aliphatic rings. The number of rotatable bonds is 7. The fourth-order valence-electron chi connectivity index (χ4n) is 3.27. The summed E-state index contributed by atoms with van der Waals surface area (Å²) < 4.78 is 29.7. The van der Waals surface area contributed by atoms with E-state index >= 15 is 0 Å². The number of amides is 1. The Bertz CT molecular complexity index is 1330. The van der Waals surface area contributed by atoms with Crippen LogP contribution in [0, 0.1) is 0 Å². The summed E-state index contributed by atoms with van der Waals surface area (Å²) in [4.78, 5) is 16.9. The van der Waals surface area contributed by atoms with Crippen LogP contribution < -0.4 is 32.2 Å². The zero-order valence-corrected chi connectivity index (χ0v) is 19.0. The fourth-order valence-corrected chi connectivity index (χ4v) is 4.45. The highest BCUT2D eigenvalue weighted by Gasteiger charge is 2.18. The first-order valence-corrected chi connectivity index (χ1v) is 12.0. The van der Waals surface area contributed by atoms with E-state index in [2.05, 4.69) is 26.7 Å². The molecule has 12 heteroatoms. The highest BCUT2D eigenvalue weighted by molar-refractivity contribution is 7.90. The third kappa shape index (κ3) is 5.11. The molecule has 1 aromatic heterocycles. The lowest BCUT2D eigenvalue weighted by molar-refractivity contribution is 0.0950. The van der Waals surface area contributed by atoms with Gasteiger partial charge in [0.2, 0.25) is 0 Å². The van der Waals surface area contributed by atoms with Gasteiger partial charge in [-0.1, -0.05) is 35.9 Å².